The fourth-order valence-electron chi connectivity index (χ4n) is 2.82. The van der Waals surface area contributed by atoms with Gasteiger partial charge in [-0.05, 0) is 34.1 Å². The molecule has 0 radical (unpaired) electrons. The van der Waals surface area contributed by atoms with Crippen molar-refractivity contribution in [3.05, 3.63) is 59.7 Å². The van der Waals surface area contributed by atoms with E-state index in [1.54, 1.807) is 4.90 Å². The molecular formula is C21H19NO5S2. The number of carbonyl (C=O) groups excluding carboxylic acids is 3. The smallest absolute Gasteiger partial charge is 0.315 e. The van der Waals surface area contributed by atoms with Gasteiger partial charge in [-0.25, -0.2) is 0 Å². The van der Waals surface area contributed by atoms with Crippen molar-refractivity contribution in [2.75, 3.05) is 23.9 Å². The molecule has 0 bridgehead atoms. The number of amides is 1. The fraction of sp³-hybridized carbons (Fsp3) is 0.190. The highest BCUT2D eigenvalue weighted by Gasteiger charge is 2.25. The summed E-state index contributed by atoms with van der Waals surface area (Å²) in [5.41, 5.74) is 3.18. The van der Waals surface area contributed by atoms with Gasteiger partial charge in [-0.2, -0.15) is 0 Å². The van der Waals surface area contributed by atoms with Gasteiger partial charge in [0, 0.05) is 5.75 Å². The molecule has 1 N–H and O–H groups in total. The summed E-state index contributed by atoms with van der Waals surface area (Å²) in [5, 5.41) is 8.29. The molecule has 3 rings (SSSR count). The van der Waals surface area contributed by atoms with Crippen molar-refractivity contribution in [1.82, 2.24) is 0 Å². The molecule has 0 unspecified atom stereocenters. The average molecular weight is 430 g/mol. The van der Waals surface area contributed by atoms with Crippen molar-refractivity contribution in [2.45, 2.75) is 6.42 Å². The highest BCUT2D eigenvalue weighted by atomic mass is 33.1. The van der Waals surface area contributed by atoms with E-state index in [9.17, 15) is 14.4 Å². The van der Waals surface area contributed by atoms with E-state index in [0.717, 1.165) is 21.9 Å². The highest BCUT2D eigenvalue weighted by Crippen LogP contribution is 2.36. The fourth-order valence-corrected chi connectivity index (χ4v) is 4.24. The lowest BCUT2D eigenvalue weighted by molar-refractivity contribution is -0.145. The van der Waals surface area contributed by atoms with Crippen molar-refractivity contribution >= 4 is 62.1 Å². The number of benzene rings is 2. The molecule has 150 valence electrons. The standard InChI is InChI=1S/C21H19NO5S2/c23-14-21(26)29-28-12-11-27-20(25)13-19(24)22-17-7-3-1-5-15(17)9-10-16-6-2-4-8-18(16)22/h1-10,23H,11-14H2. The zero-order valence-electron chi connectivity index (χ0n) is 15.4. The van der Waals surface area contributed by atoms with Crippen LogP contribution >= 0.6 is 21.6 Å². The maximum Gasteiger partial charge on any atom is 0.315 e. The lowest BCUT2D eigenvalue weighted by Crippen LogP contribution is -2.29. The number of para-hydroxylation sites is 2. The van der Waals surface area contributed by atoms with Crippen molar-refractivity contribution < 1.29 is 24.2 Å². The molecule has 0 saturated carbocycles. The Bertz CT molecular complexity index is 895. The second kappa shape index (κ2) is 10.3. The van der Waals surface area contributed by atoms with Crippen LogP contribution in [0.15, 0.2) is 48.5 Å². The summed E-state index contributed by atoms with van der Waals surface area (Å²) in [6.07, 6.45) is 3.50. The first kappa shape index (κ1) is 21.2. The third kappa shape index (κ3) is 5.50. The first-order valence-corrected chi connectivity index (χ1v) is 11.2. The Labute approximate surface area is 176 Å². The van der Waals surface area contributed by atoms with E-state index in [-0.39, 0.29) is 17.6 Å². The number of ether oxygens (including phenoxy) is 1. The van der Waals surface area contributed by atoms with Crippen molar-refractivity contribution in [2.24, 2.45) is 0 Å². The summed E-state index contributed by atoms with van der Waals surface area (Å²) in [6, 6.07) is 15.0. The van der Waals surface area contributed by atoms with E-state index in [1.165, 1.54) is 10.8 Å². The molecule has 6 nitrogen and oxygen atoms in total. The van der Waals surface area contributed by atoms with Crippen LogP contribution in [0.25, 0.3) is 12.2 Å². The van der Waals surface area contributed by atoms with E-state index < -0.39 is 19.0 Å². The van der Waals surface area contributed by atoms with Crippen LogP contribution < -0.4 is 4.90 Å². The molecule has 1 amide bonds. The van der Waals surface area contributed by atoms with Crippen molar-refractivity contribution in [3.63, 3.8) is 0 Å². The maximum absolute atomic E-state index is 13.0. The second-order valence-corrected chi connectivity index (χ2v) is 8.49. The summed E-state index contributed by atoms with van der Waals surface area (Å²) in [5.74, 6) is -0.618. The van der Waals surface area contributed by atoms with Crippen LogP contribution in [0.3, 0.4) is 0 Å². The van der Waals surface area contributed by atoms with Crippen molar-refractivity contribution in [3.8, 4) is 0 Å². The lowest BCUT2D eigenvalue weighted by atomic mass is 10.1. The molecular weight excluding hydrogens is 410 g/mol. The number of aliphatic hydroxyl groups is 1. The molecule has 0 spiro atoms. The average Bonchev–Trinajstić information content (AvgIpc) is 2.90. The molecule has 2 aromatic rings. The molecule has 1 aliphatic rings. The Kier molecular flexibility index (Phi) is 7.51. The number of nitrogens with zero attached hydrogens (tertiary/aromatic N) is 1. The molecule has 0 saturated heterocycles. The van der Waals surface area contributed by atoms with Gasteiger partial charge in [-0.1, -0.05) is 59.3 Å². The summed E-state index contributed by atoms with van der Waals surface area (Å²) >= 11 is 0. The number of aliphatic hydroxyl groups excluding tert-OH is 1. The van der Waals surface area contributed by atoms with E-state index in [2.05, 4.69) is 0 Å². The maximum atomic E-state index is 13.0. The molecule has 1 aliphatic heterocycles. The Morgan fingerprint density at radius 2 is 1.52 bits per heavy atom. The molecule has 2 aromatic carbocycles. The minimum Gasteiger partial charge on any atom is -0.464 e. The summed E-state index contributed by atoms with van der Waals surface area (Å²) in [7, 11) is 2.09. The number of esters is 1. The summed E-state index contributed by atoms with van der Waals surface area (Å²) in [4.78, 5) is 37.7. The topological polar surface area (TPSA) is 83.9 Å². The van der Waals surface area contributed by atoms with E-state index >= 15 is 0 Å². The Hall–Kier alpha value is -2.55. The van der Waals surface area contributed by atoms with E-state index in [1.807, 2.05) is 60.7 Å². The van der Waals surface area contributed by atoms with Gasteiger partial charge in [0.15, 0.2) is 0 Å². The minimum absolute atomic E-state index is 0.0806. The number of fused-ring (bicyclic) bond motifs is 2. The van der Waals surface area contributed by atoms with Crippen molar-refractivity contribution in [1.29, 1.82) is 0 Å². The van der Waals surface area contributed by atoms with Gasteiger partial charge in [-0.3, -0.25) is 19.3 Å². The normalized spacial score (nSPS) is 12.0. The molecule has 0 aliphatic carbocycles. The third-order valence-corrected chi connectivity index (χ3v) is 6.23. The predicted molar refractivity (Wildman–Crippen MR) is 117 cm³/mol. The lowest BCUT2D eigenvalue weighted by Gasteiger charge is -2.24. The molecule has 0 fully saturated rings. The number of hydrogen-bond acceptors (Lipinski definition) is 7. The van der Waals surface area contributed by atoms with Crippen LogP contribution in [-0.2, 0) is 19.1 Å². The van der Waals surface area contributed by atoms with Gasteiger partial charge in [0.05, 0.1) is 11.4 Å². The largest absolute Gasteiger partial charge is 0.464 e. The monoisotopic (exact) mass is 429 g/mol. The van der Waals surface area contributed by atoms with Crippen LogP contribution in [0.4, 0.5) is 11.4 Å². The molecule has 0 atom stereocenters. The Balaban J connectivity index is 1.67. The van der Waals surface area contributed by atoms with Crippen LogP contribution in [0.2, 0.25) is 0 Å². The Morgan fingerprint density at radius 3 is 2.10 bits per heavy atom. The van der Waals surface area contributed by atoms with Gasteiger partial charge in [0.25, 0.3) is 0 Å². The number of hydrogen-bond donors (Lipinski definition) is 1. The zero-order chi connectivity index (χ0) is 20.6. The first-order chi connectivity index (χ1) is 14.1. The Morgan fingerprint density at radius 1 is 0.931 bits per heavy atom. The van der Waals surface area contributed by atoms with Gasteiger partial charge >= 0.3 is 5.97 Å². The van der Waals surface area contributed by atoms with E-state index in [0.29, 0.717) is 17.1 Å². The van der Waals surface area contributed by atoms with Crippen LogP contribution in [0.1, 0.15) is 17.5 Å². The van der Waals surface area contributed by atoms with Gasteiger partial charge < -0.3 is 9.84 Å². The second-order valence-electron chi connectivity index (χ2n) is 6.01. The number of carbonyl (C=O) groups is 3. The zero-order valence-corrected chi connectivity index (χ0v) is 17.1. The predicted octanol–water partition coefficient (Wildman–Crippen LogP) is 3.67. The van der Waals surface area contributed by atoms with Crippen LogP contribution in [-0.4, -0.2) is 41.1 Å². The SMILES string of the molecule is O=C(CC(=O)N1c2ccccc2C=Cc2ccccc21)OCCSSC(=O)CO. The van der Waals surface area contributed by atoms with Gasteiger partial charge in [-0.15, -0.1) is 0 Å². The first-order valence-electron chi connectivity index (χ1n) is 8.88. The molecule has 8 heteroatoms. The third-order valence-electron chi connectivity index (χ3n) is 4.05. The number of rotatable bonds is 7. The highest BCUT2D eigenvalue weighted by molar-refractivity contribution is 8.82. The number of anilines is 2. The molecule has 0 aromatic heterocycles. The minimum atomic E-state index is -0.624. The summed E-state index contributed by atoms with van der Waals surface area (Å²) in [6.45, 7) is -0.448. The van der Waals surface area contributed by atoms with E-state index in [4.69, 9.17) is 9.84 Å². The molecule has 29 heavy (non-hydrogen) atoms. The molecule has 1 heterocycles. The van der Waals surface area contributed by atoms with Gasteiger partial charge in [0.1, 0.15) is 19.6 Å². The quantitative estimate of drug-likeness (QED) is 0.311. The van der Waals surface area contributed by atoms with Crippen LogP contribution in [0, 0.1) is 0 Å². The summed E-state index contributed by atoms with van der Waals surface area (Å²) < 4.78 is 5.12. The van der Waals surface area contributed by atoms with Gasteiger partial charge in [0.2, 0.25) is 11.0 Å². The van der Waals surface area contributed by atoms with Crippen LogP contribution in [0.5, 0.6) is 0 Å².